The number of rotatable bonds is 7. The highest BCUT2D eigenvalue weighted by Crippen LogP contribution is 2.39. The van der Waals surface area contributed by atoms with Gasteiger partial charge in [-0.3, -0.25) is 4.79 Å². The Hall–Kier alpha value is -1.12. The van der Waals surface area contributed by atoms with E-state index in [1.165, 1.54) is 5.56 Å². The number of aliphatic carboxylic acids is 1. The highest BCUT2D eigenvalue weighted by atomic mass is 35.5. The smallest absolute Gasteiger partial charge is 0.451 e. The first kappa shape index (κ1) is 22.6. The summed E-state index contributed by atoms with van der Waals surface area (Å²) in [5, 5.41) is 28.8. The van der Waals surface area contributed by atoms with Gasteiger partial charge in [-0.2, -0.15) is 0 Å². The molecule has 160 valence electrons. The van der Waals surface area contributed by atoms with Crippen LogP contribution in [0.4, 0.5) is 0 Å². The molecule has 29 heavy (non-hydrogen) atoms. The van der Waals surface area contributed by atoms with Gasteiger partial charge < -0.3 is 25.8 Å². The Labute approximate surface area is 178 Å². The number of likely N-dealkylation sites (tertiary alicyclic amines) is 1. The zero-order valence-corrected chi connectivity index (χ0v) is 17.6. The van der Waals surface area contributed by atoms with Gasteiger partial charge in [-0.1, -0.05) is 30.2 Å². The van der Waals surface area contributed by atoms with Crippen LogP contribution >= 0.6 is 11.6 Å². The maximum atomic E-state index is 12.0. The summed E-state index contributed by atoms with van der Waals surface area (Å²) in [6, 6.07) is 8.07. The number of nitrogens with zero attached hydrogens (tertiary/aromatic N) is 1. The second kappa shape index (κ2) is 9.79. The lowest BCUT2D eigenvalue weighted by Crippen LogP contribution is -2.60. The fraction of sp³-hybridized carbons (Fsp3) is 0.667. The topological polar surface area (TPSA) is 107 Å². The molecule has 1 saturated carbocycles. The number of piperidine rings is 1. The number of halogens is 1. The monoisotopic (exact) mass is 422 g/mol. The molecule has 0 radical (unpaired) electrons. The molecule has 6 nitrogen and oxygen atoms in total. The van der Waals surface area contributed by atoms with Gasteiger partial charge in [-0.15, -0.1) is 0 Å². The Morgan fingerprint density at radius 3 is 2.41 bits per heavy atom. The fourth-order valence-electron chi connectivity index (χ4n) is 5.08. The van der Waals surface area contributed by atoms with Crippen molar-refractivity contribution in [3.63, 3.8) is 0 Å². The summed E-state index contributed by atoms with van der Waals surface area (Å²) in [4.78, 5) is 14.4. The molecule has 0 aromatic heterocycles. The van der Waals surface area contributed by atoms with Gasteiger partial charge in [-0.05, 0) is 81.0 Å². The number of carboxylic acid groups (broad SMARTS) is 1. The maximum absolute atomic E-state index is 12.0. The molecule has 1 saturated heterocycles. The van der Waals surface area contributed by atoms with Gasteiger partial charge in [0.25, 0.3) is 0 Å². The number of nitrogens with two attached hydrogens (primary N) is 1. The van der Waals surface area contributed by atoms with Crippen molar-refractivity contribution in [2.45, 2.75) is 56.3 Å². The number of hydrogen-bond donors (Lipinski definition) is 4. The molecule has 2 fully saturated rings. The second-order valence-electron chi connectivity index (χ2n) is 8.87. The Bertz CT molecular complexity index is 682. The molecule has 2 aliphatic rings. The predicted octanol–water partition coefficient (Wildman–Crippen LogP) is 2.58. The predicted molar refractivity (Wildman–Crippen MR) is 115 cm³/mol. The molecule has 3 atom stereocenters. The molecule has 1 aromatic rings. The highest BCUT2D eigenvalue weighted by Gasteiger charge is 2.47. The lowest BCUT2D eigenvalue weighted by atomic mass is 9.66. The van der Waals surface area contributed by atoms with Crippen LogP contribution in [0.3, 0.4) is 0 Å². The molecule has 5 N–H and O–H groups in total. The van der Waals surface area contributed by atoms with E-state index in [2.05, 4.69) is 17.0 Å². The van der Waals surface area contributed by atoms with Crippen LogP contribution in [0.2, 0.25) is 11.3 Å². The van der Waals surface area contributed by atoms with Crippen molar-refractivity contribution < 1.29 is 19.9 Å². The molecule has 1 aromatic carbocycles. The molecule has 0 amide bonds. The molecule has 0 bridgehead atoms. The van der Waals surface area contributed by atoms with Crippen molar-refractivity contribution in [1.82, 2.24) is 4.90 Å². The molecular weight excluding hydrogens is 391 g/mol. The maximum Gasteiger partial charge on any atom is 0.451 e. The summed E-state index contributed by atoms with van der Waals surface area (Å²) in [6.45, 7) is 2.60. The summed E-state index contributed by atoms with van der Waals surface area (Å²) >= 11 is 5.99. The number of carbonyl (C=O) groups is 1. The molecule has 1 heterocycles. The SMILES string of the molecule is NC1(C(=O)O)CC(CCB(O)O)CCC1CN1CCC(c2ccc(Cl)cc2)CC1. The van der Waals surface area contributed by atoms with Crippen LogP contribution in [0.15, 0.2) is 24.3 Å². The lowest BCUT2D eigenvalue weighted by Gasteiger charge is -2.44. The standard InChI is InChI=1S/C21H32BClN2O4/c23-19-5-2-16(3-6-19)17-8-11-25(12-9-17)14-18-4-1-15(7-10-22(28)29)13-21(18,24)20(26)27/h2-3,5-6,15,17-18,28-29H,1,4,7-14,24H2,(H,26,27). The van der Waals surface area contributed by atoms with E-state index in [1.54, 1.807) is 0 Å². The molecule has 1 aliphatic carbocycles. The third-order valence-corrected chi connectivity index (χ3v) is 7.17. The highest BCUT2D eigenvalue weighted by molar-refractivity contribution is 6.40. The lowest BCUT2D eigenvalue weighted by molar-refractivity contribution is -0.148. The Morgan fingerprint density at radius 2 is 1.83 bits per heavy atom. The van der Waals surface area contributed by atoms with Gasteiger partial charge in [0.05, 0.1) is 0 Å². The largest absolute Gasteiger partial charge is 0.480 e. The van der Waals surface area contributed by atoms with Crippen LogP contribution in [0.5, 0.6) is 0 Å². The van der Waals surface area contributed by atoms with Crippen LogP contribution < -0.4 is 5.73 Å². The van der Waals surface area contributed by atoms with Crippen molar-refractivity contribution in [2.24, 2.45) is 17.6 Å². The summed E-state index contributed by atoms with van der Waals surface area (Å²) in [7, 11) is -1.34. The molecule has 1 aliphatic heterocycles. The first-order valence-corrected chi connectivity index (χ1v) is 11.0. The minimum absolute atomic E-state index is 0.0811. The van der Waals surface area contributed by atoms with Crippen LogP contribution in [0.25, 0.3) is 0 Å². The van der Waals surface area contributed by atoms with Crippen LogP contribution in [0.1, 0.15) is 50.0 Å². The fourth-order valence-corrected chi connectivity index (χ4v) is 5.21. The van der Waals surface area contributed by atoms with E-state index in [-0.39, 0.29) is 18.2 Å². The van der Waals surface area contributed by atoms with Gasteiger partial charge in [0, 0.05) is 17.5 Å². The van der Waals surface area contributed by atoms with E-state index in [9.17, 15) is 9.90 Å². The summed E-state index contributed by atoms with van der Waals surface area (Å²) < 4.78 is 0. The van der Waals surface area contributed by atoms with E-state index < -0.39 is 18.6 Å². The average Bonchev–Trinajstić information content (AvgIpc) is 2.69. The van der Waals surface area contributed by atoms with Crippen molar-refractivity contribution in [3.8, 4) is 0 Å². The van der Waals surface area contributed by atoms with Gasteiger partial charge in [-0.25, -0.2) is 0 Å². The van der Waals surface area contributed by atoms with Gasteiger partial charge >= 0.3 is 13.1 Å². The first-order valence-electron chi connectivity index (χ1n) is 10.6. The zero-order valence-electron chi connectivity index (χ0n) is 16.8. The van der Waals surface area contributed by atoms with Crippen LogP contribution in [-0.2, 0) is 4.79 Å². The molecule has 3 rings (SSSR count). The minimum Gasteiger partial charge on any atom is -0.480 e. The summed E-state index contributed by atoms with van der Waals surface area (Å²) in [5.41, 5.74) is 6.51. The Balaban J connectivity index is 1.55. The van der Waals surface area contributed by atoms with Crippen molar-refractivity contribution in [2.75, 3.05) is 19.6 Å². The summed E-state index contributed by atoms with van der Waals surface area (Å²) in [6.07, 6.45) is 5.04. The molecule has 0 spiro atoms. The van der Waals surface area contributed by atoms with Gasteiger partial charge in [0.2, 0.25) is 0 Å². The van der Waals surface area contributed by atoms with E-state index in [0.717, 1.165) is 43.8 Å². The van der Waals surface area contributed by atoms with Crippen LogP contribution in [0, 0.1) is 11.8 Å². The Morgan fingerprint density at radius 1 is 1.17 bits per heavy atom. The Kier molecular flexibility index (Phi) is 7.62. The van der Waals surface area contributed by atoms with Crippen molar-refractivity contribution in [3.05, 3.63) is 34.9 Å². The number of hydrogen-bond acceptors (Lipinski definition) is 5. The number of carboxylic acids is 1. The van der Waals surface area contributed by atoms with Crippen LogP contribution in [-0.4, -0.2) is 58.3 Å². The van der Waals surface area contributed by atoms with E-state index in [0.29, 0.717) is 25.3 Å². The zero-order chi connectivity index (χ0) is 21.0. The van der Waals surface area contributed by atoms with Crippen molar-refractivity contribution in [1.29, 1.82) is 0 Å². The third kappa shape index (κ3) is 5.73. The molecule has 8 heteroatoms. The second-order valence-corrected chi connectivity index (χ2v) is 9.31. The van der Waals surface area contributed by atoms with Gasteiger partial charge in [0.1, 0.15) is 5.54 Å². The van der Waals surface area contributed by atoms with Crippen molar-refractivity contribution >= 4 is 24.7 Å². The number of benzene rings is 1. The van der Waals surface area contributed by atoms with Gasteiger partial charge in [0.15, 0.2) is 0 Å². The quantitative estimate of drug-likeness (QED) is 0.503. The minimum atomic E-state index is -1.34. The summed E-state index contributed by atoms with van der Waals surface area (Å²) in [5.74, 6) is -0.369. The third-order valence-electron chi connectivity index (χ3n) is 6.92. The normalized spacial score (nSPS) is 29.0. The first-order chi connectivity index (χ1) is 13.8. The van der Waals surface area contributed by atoms with E-state index in [1.807, 2.05) is 12.1 Å². The van der Waals surface area contributed by atoms with E-state index >= 15 is 0 Å². The van der Waals surface area contributed by atoms with E-state index in [4.69, 9.17) is 27.4 Å². The molecular formula is C21H32BClN2O4. The molecule has 3 unspecified atom stereocenters. The average molecular weight is 423 g/mol.